The number of carbonyl (C=O) groups excluding carboxylic acids is 1. The van der Waals surface area contributed by atoms with E-state index < -0.39 is 41.3 Å². The summed E-state index contributed by atoms with van der Waals surface area (Å²) in [6.45, 7) is 3.79. The molecule has 2 fully saturated rings. The summed E-state index contributed by atoms with van der Waals surface area (Å²) in [5.41, 5.74) is -0.703. The Bertz CT molecular complexity index is 470. The van der Waals surface area contributed by atoms with Gasteiger partial charge in [-0.15, -0.1) is 23.4 Å². The van der Waals surface area contributed by atoms with E-state index >= 15 is 0 Å². The highest BCUT2D eigenvalue weighted by atomic mass is 35.5. The number of aliphatic hydroxyl groups excluding tert-OH is 3. The summed E-state index contributed by atoms with van der Waals surface area (Å²) in [6.07, 6.45) is 0.658. The molecule has 2 rings (SSSR count). The van der Waals surface area contributed by atoms with Crippen LogP contribution < -0.4 is 10.6 Å². The van der Waals surface area contributed by atoms with Gasteiger partial charge in [-0.3, -0.25) is 4.79 Å². The maximum Gasteiger partial charge on any atom is 0.237 e. The van der Waals surface area contributed by atoms with Crippen molar-refractivity contribution in [1.82, 2.24) is 10.6 Å². The zero-order valence-corrected chi connectivity index (χ0v) is 17.0. The summed E-state index contributed by atoms with van der Waals surface area (Å²) in [5.74, 6) is -0.183. The van der Waals surface area contributed by atoms with E-state index in [0.717, 1.165) is 25.7 Å². The first-order valence-electron chi connectivity index (χ1n) is 9.23. The van der Waals surface area contributed by atoms with Crippen molar-refractivity contribution in [2.45, 2.75) is 92.9 Å². The second-order valence-electron chi connectivity index (χ2n) is 7.14. The number of rotatable bonds is 6. The number of nitrogens with one attached hydrogen (secondary N) is 2. The first-order valence-corrected chi connectivity index (χ1v) is 11.0. The molecule has 0 saturated carbocycles. The largest absolute Gasteiger partial charge is 0.388 e. The number of thioether (sulfide) groups is 1. The molecule has 0 spiro atoms. The van der Waals surface area contributed by atoms with Gasteiger partial charge in [0.2, 0.25) is 5.91 Å². The predicted molar refractivity (Wildman–Crippen MR) is 102 cm³/mol. The van der Waals surface area contributed by atoms with Crippen molar-refractivity contribution in [3.8, 4) is 0 Å². The number of halogens is 1. The van der Waals surface area contributed by atoms with Gasteiger partial charge >= 0.3 is 0 Å². The molecule has 9 atom stereocenters. The van der Waals surface area contributed by atoms with Crippen molar-refractivity contribution >= 4 is 29.3 Å². The highest BCUT2D eigenvalue weighted by molar-refractivity contribution is 7.99. The van der Waals surface area contributed by atoms with E-state index in [1.165, 1.54) is 11.8 Å². The summed E-state index contributed by atoms with van der Waals surface area (Å²) < 4.78 is 5.77. The van der Waals surface area contributed by atoms with Gasteiger partial charge in [0.1, 0.15) is 29.9 Å². The second-order valence-corrected chi connectivity index (χ2v) is 8.77. The third kappa shape index (κ3) is 5.04. The van der Waals surface area contributed by atoms with Crippen molar-refractivity contribution in [3.63, 3.8) is 0 Å². The van der Waals surface area contributed by atoms with Crippen molar-refractivity contribution in [3.05, 3.63) is 0 Å². The fraction of sp³-hybridized carbons (Fsp3) is 0.941. The molecule has 7 unspecified atom stereocenters. The molecule has 0 aliphatic carbocycles. The van der Waals surface area contributed by atoms with Crippen molar-refractivity contribution in [1.29, 1.82) is 0 Å². The minimum atomic E-state index is -1.36. The van der Waals surface area contributed by atoms with E-state index in [2.05, 4.69) is 17.6 Å². The molecule has 2 saturated heterocycles. The van der Waals surface area contributed by atoms with E-state index in [4.69, 9.17) is 16.3 Å². The van der Waals surface area contributed by atoms with Gasteiger partial charge < -0.3 is 30.7 Å². The summed E-state index contributed by atoms with van der Waals surface area (Å²) >= 11 is 7.51. The van der Waals surface area contributed by atoms with Crippen LogP contribution in [0.3, 0.4) is 0 Å². The molecule has 2 heterocycles. The highest BCUT2D eigenvalue weighted by Crippen LogP contribution is 2.30. The lowest BCUT2D eigenvalue weighted by Gasteiger charge is -2.44. The van der Waals surface area contributed by atoms with Crippen LogP contribution in [0.15, 0.2) is 0 Å². The average molecular weight is 411 g/mol. The Morgan fingerprint density at radius 2 is 2.00 bits per heavy atom. The van der Waals surface area contributed by atoms with Gasteiger partial charge in [-0.05, 0) is 38.9 Å². The zero-order valence-electron chi connectivity index (χ0n) is 15.5. The molecule has 0 aromatic heterocycles. The minimum absolute atomic E-state index is 0.183. The van der Waals surface area contributed by atoms with Crippen LogP contribution in [0.4, 0.5) is 0 Å². The number of ether oxygens (including phenoxy) is 1. The molecule has 9 heteroatoms. The van der Waals surface area contributed by atoms with Crippen molar-refractivity contribution < 1.29 is 24.9 Å². The minimum Gasteiger partial charge on any atom is -0.388 e. The van der Waals surface area contributed by atoms with Gasteiger partial charge in [0.25, 0.3) is 0 Å². The molecule has 2 aliphatic rings. The Hall–Kier alpha value is -0.0900. The van der Waals surface area contributed by atoms with Crippen molar-refractivity contribution in [2.24, 2.45) is 0 Å². The number of piperidine rings is 1. The van der Waals surface area contributed by atoms with Crippen LogP contribution in [-0.4, -0.2) is 80.8 Å². The maximum absolute atomic E-state index is 12.7. The van der Waals surface area contributed by atoms with Crippen LogP contribution in [0.25, 0.3) is 0 Å². The number of hydrogen-bond acceptors (Lipinski definition) is 7. The molecule has 0 aromatic rings. The van der Waals surface area contributed by atoms with Crippen LogP contribution in [0.2, 0.25) is 0 Å². The standard InChI is InChI=1S/C17H31ClN2O5S/c1-4-9-6-5-7-10(19-9)16(24)20-11(8(2)18)15-13(22)12(21)14(23)17(25-15)26-3/h8-15,17,19,21-23H,4-7H2,1-3H3,(H,20,24)/t8?,9-,10-,11?,12?,13?,14?,15?,17?/m1/s1. The summed E-state index contributed by atoms with van der Waals surface area (Å²) in [6, 6.07) is -0.681. The summed E-state index contributed by atoms with van der Waals surface area (Å²) in [4.78, 5) is 12.7. The number of aliphatic hydroxyl groups is 3. The van der Waals surface area contributed by atoms with E-state index in [1.807, 2.05) is 0 Å². The second kappa shape index (κ2) is 9.91. The molecule has 0 radical (unpaired) electrons. The quantitative estimate of drug-likeness (QED) is 0.397. The number of alkyl halides is 1. The monoisotopic (exact) mass is 410 g/mol. The highest BCUT2D eigenvalue weighted by Gasteiger charge is 2.48. The molecular weight excluding hydrogens is 380 g/mol. The van der Waals surface area contributed by atoms with Gasteiger partial charge in [0.05, 0.1) is 17.5 Å². The lowest BCUT2D eigenvalue weighted by Crippen LogP contribution is -2.65. The van der Waals surface area contributed by atoms with Crippen LogP contribution in [-0.2, 0) is 9.53 Å². The van der Waals surface area contributed by atoms with Crippen LogP contribution in [0.1, 0.15) is 39.5 Å². The predicted octanol–water partition coefficient (Wildman–Crippen LogP) is 0.190. The average Bonchev–Trinajstić information content (AvgIpc) is 2.64. The topological polar surface area (TPSA) is 111 Å². The molecule has 2 aliphatic heterocycles. The third-order valence-electron chi connectivity index (χ3n) is 5.29. The molecule has 5 N–H and O–H groups in total. The third-order valence-corrected chi connectivity index (χ3v) is 6.41. The Morgan fingerprint density at radius 3 is 2.58 bits per heavy atom. The van der Waals surface area contributed by atoms with Gasteiger partial charge in [0.15, 0.2) is 0 Å². The molecule has 26 heavy (non-hydrogen) atoms. The van der Waals surface area contributed by atoms with Gasteiger partial charge in [-0.25, -0.2) is 0 Å². The van der Waals surface area contributed by atoms with Gasteiger partial charge in [-0.2, -0.15) is 0 Å². The Morgan fingerprint density at radius 1 is 1.31 bits per heavy atom. The van der Waals surface area contributed by atoms with E-state index in [0.29, 0.717) is 6.04 Å². The lowest BCUT2D eigenvalue weighted by molar-refractivity contribution is -0.205. The zero-order chi connectivity index (χ0) is 19.4. The summed E-state index contributed by atoms with van der Waals surface area (Å²) in [5, 5.41) is 36.2. The molecule has 0 aromatic carbocycles. The Balaban J connectivity index is 2.09. The van der Waals surface area contributed by atoms with Crippen LogP contribution in [0.5, 0.6) is 0 Å². The van der Waals surface area contributed by atoms with Gasteiger partial charge in [0, 0.05) is 6.04 Å². The molecule has 7 nitrogen and oxygen atoms in total. The SMILES string of the molecule is CC[C@@H]1CCC[C@H](C(=O)NC(C(C)Cl)C2OC(SC)C(O)C(O)C2O)N1. The normalized spacial score (nSPS) is 40.7. The molecule has 1 amide bonds. The molecule has 152 valence electrons. The Kier molecular flexibility index (Phi) is 8.46. The van der Waals surface area contributed by atoms with E-state index in [1.54, 1.807) is 13.2 Å². The fourth-order valence-corrected chi connectivity index (χ4v) is 4.52. The van der Waals surface area contributed by atoms with Gasteiger partial charge in [-0.1, -0.05) is 6.92 Å². The van der Waals surface area contributed by atoms with Crippen LogP contribution in [0, 0.1) is 0 Å². The Labute approximate surface area is 164 Å². The lowest BCUT2D eigenvalue weighted by atomic mass is 9.92. The molecular formula is C17H31ClN2O5S. The number of amides is 1. The maximum atomic E-state index is 12.7. The smallest absolute Gasteiger partial charge is 0.237 e. The first-order chi connectivity index (χ1) is 12.3. The van der Waals surface area contributed by atoms with Crippen LogP contribution >= 0.6 is 23.4 Å². The number of hydrogen-bond donors (Lipinski definition) is 5. The summed E-state index contributed by atoms with van der Waals surface area (Å²) in [7, 11) is 0. The first kappa shape index (κ1) is 22.2. The number of carbonyl (C=O) groups is 1. The molecule has 0 bridgehead atoms. The van der Waals surface area contributed by atoms with E-state index in [9.17, 15) is 20.1 Å². The fourth-order valence-electron chi connectivity index (χ4n) is 3.64. The van der Waals surface area contributed by atoms with E-state index in [-0.39, 0.29) is 11.9 Å². The van der Waals surface area contributed by atoms with Crippen molar-refractivity contribution in [2.75, 3.05) is 6.26 Å².